The van der Waals surface area contributed by atoms with Crippen molar-refractivity contribution in [1.29, 1.82) is 0 Å². The molecule has 36 heavy (non-hydrogen) atoms. The van der Waals surface area contributed by atoms with E-state index in [1.807, 2.05) is 6.92 Å². The van der Waals surface area contributed by atoms with Crippen LogP contribution in [0.5, 0.6) is 0 Å². The number of hydrogen-bond donors (Lipinski definition) is 3. The summed E-state index contributed by atoms with van der Waals surface area (Å²) in [6.07, 6.45) is 5.36. The molecule has 0 bridgehead atoms. The number of anilines is 1. The molecule has 11 nitrogen and oxygen atoms in total. The molecule has 0 spiro atoms. The van der Waals surface area contributed by atoms with Gasteiger partial charge in [0.2, 0.25) is 5.91 Å². The summed E-state index contributed by atoms with van der Waals surface area (Å²) in [6, 6.07) is 3.59. The second kappa shape index (κ2) is 9.99. The molecule has 192 valence electrons. The third-order valence-electron chi connectivity index (χ3n) is 5.95. The fraction of sp³-hybridized carbons (Fsp3) is 0.391. The summed E-state index contributed by atoms with van der Waals surface area (Å²) in [5.74, 6) is 0.0727. The van der Waals surface area contributed by atoms with Gasteiger partial charge in [0.25, 0.3) is 0 Å². The van der Waals surface area contributed by atoms with Crippen molar-refractivity contribution < 1.29 is 23.1 Å². The second-order valence-corrected chi connectivity index (χ2v) is 11.7. The Hall–Kier alpha value is -3.29. The maximum atomic E-state index is 12.8. The third kappa shape index (κ3) is 5.13. The summed E-state index contributed by atoms with van der Waals surface area (Å²) < 4.78 is 26.9. The summed E-state index contributed by atoms with van der Waals surface area (Å²) in [5, 5.41) is 12.9. The monoisotopic (exact) mass is 532 g/mol. The highest BCUT2D eigenvalue weighted by Gasteiger charge is 2.38. The fourth-order valence-electron chi connectivity index (χ4n) is 4.31. The number of aromatic nitrogens is 3. The largest absolute Gasteiger partial charge is 0.391 e. The Kier molecular flexibility index (Phi) is 7.16. The number of rotatable bonds is 7. The Morgan fingerprint density at radius 1 is 1.33 bits per heavy atom. The number of urea groups is 1. The molecule has 0 radical (unpaired) electrons. The minimum Gasteiger partial charge on any atom is -0.391 e. The first kappa shape index (κ1) is 25.8. The van der Waals surface area contributed by atoms with Gasteiger partial charge in [-0.2, -0.15) is 0 Å². The summed E-state index contributed by atoms with van der Waals surface area (Å²) in [5.41, 5.74) is 7.24. The molecular weight excluding hydrogens is 504 g/mol. The summed E-state index contributed by atoms with van der Waals surface area (Å²) >= 11 is 1.22. The molecule has 3 heterocycles. The lowest BCUT2D eigenvalue weighted by Crippen LogP contribution is -2.45. The van der Waals surface area contributed by atoms with Crippen molar-refractivity contribution in [3.05, 3.63) is 42.1 Å². The van der Waals surface area contributed by atoms with Crippen LogP contribution in [0.3, 0.4) is 0 Å². The molecule has 4 rings (SSSR count). The molecule has 4 N–H and O–H groups in total. The lowest BCUT2D eigenvalue weighted by molar-refractivity contribution is -0.121. The van der Waals surface area contributed by atoms with Crippen molar-refractivity contribution >= 4 is 38.2 Å². The van der Waals surface area contributed by atoms with Gasteiger partial charge >= 0.3 is 6.03 Å². The van der Waals surface area contributed by atoms with E-state index in [0.29, 0.717) is 22.9 Å². The maximum Gasteiger partial charge on any atom is 0.324 e. The number of aryl methyl sites for hydroxylation is 2. The van der Waals surface area contributed by atoms with Crippen LogP contribution < -0.4 is 11.1 Å². The highest BCUT2D eigenvalue weighted by atomic mass is 32.2. The highest BCUT2D eigenvalue weighted by Crippen LogP contribution is 2.36. The predicted molar refractivity (Wildman–Crippen MR) is 136 cm³/mol. The van der Waals surface area contributed by atoms with Crippen LogP contribution in [0.15, 0.2) is 35.5 Å². The second-order valence-electron chi connectivity index (χ2n) is 8.74. The van der Waals surface area contributed by atoms with E-state index in [0.717, 1.165) is 22.7 Å². The van der Waals surface area contributed by atoms with E-state index in [-0.39, 0.29) is 17.9 Å². The molecule has 3 amide bonds. The molecule has 0 unspecified atom stereocenters. The molecule has 1 fully saturated rings. The molecule has 1 aromatic carbocycles. The van der Waals surface area contributed by atoms with Crippen molar-refractivity contribution in [2.24, 2.45) is 5.73 Å². The van der Waals surface area contributed by atoms with Gasteiger partial charge in [-0.3, -0.25) is 10.1 Å². The summed E-state index contributed by atoms with van der Waals surface area (Å²) in [4.78, 5) is 35.4. The van der Waals surface area contributed by atoms with Crippen molar-refractivity contribution in [1.82, 2.24) is 19.4 Å². The normalized spacial score (nSPS) is 17.9. The number of amides is 3. The Bertz CT molecular complexity index is 1410. The molecule has 3 aromatic rings. The number of thiazole rings is 1. The van der Waals surface area contributed by atoms with Crippen molar-refractivity contribution in [2.45, 2.75) is 50.2 Å². The van der Waals surface area contributed by atoms with Crippen LogP contribution in [0, 0.1) is 6.92 Å². The number of nitrogens with one attached hydrogen (secondary N) is 1. The van der Waals surface area contributed by atoms with Gasteiger partial charge in [0.1, 0.15) is 11.9 Å². The Morgan fingerprint density at radius 2 is 2.08 bits per heavy atom. The lowest BCUT2D eigenvalue weighted by Gasteiger charge is -2.21. The number of nitrogens with zero attached hydrogens (tertiary/aromatic N) is 4. The Morgan fingerprint density at radius 3 is 2.75 bits per heavy atom. The number of hydrogen-bond acceptors (Lipinski definition) is 8. The molecule has 1 aliphatic rings. The molecule has 1 saturated heterocycles. The minimum atomic E-state index is -3.52. The molecule has 0 aliphatic carbocycles. The van der Waals surface area contributed by atoms with E-state index < -0.39 is 33.9 Å². The van der Waals surface area contributed by atoms with Crippen LogP contribution in [0.25, 0.3) is 16.1 Å². The van der Waals surface area contributed by atoms with Crippen molar-refractivity contribution in [2.75, 3.05) is 18.1 Å². The number of primary amides is 1. The Labute approximate surface area is 212 Å². The number of carbonyl (C=O) groups excluding carboxylic acids is 2. The van der Waals surface area contributed by atoms with Crippen molar-refractivity contribution in [3.63, 3.8) is 0 Å². The van der Waals surface area contributed by atoms with E-state index in [1.165, 1.54) is 22.5 Å². The molecule has 2 aromatic heterocycles. The van der Waals surface area contributed by atoms with E-state index in [4.69, 9.17) is 5.73 Å². The number of imidazole rings is 1. The smallest absolute Gasteiger partial charge is 0.324 e. The van der Waals surface area contributed by atoms with Gasteiger partial charge in [-0.05, 0) is 31.0 Å². The van der Waals surface area contributed by atoms with Crippen LogP contribution in [0.1, 0.15) is 31.3 Å². The summed E-state index contributed by atoms with van der Waals surface area (Å²) in [6.45, 7) is 3.81. The topological polar surface area (TPSA) is 161 Å². The number of aliphatic hydroxyl groups is 1. The average Bonchev–Trinajstić information content (AvgIpc) is 3.51. The first-order valence-electron chi connectivity index (χ1n) is 11.4. The van der Waals surface area contributed by atoms with E-state index >= 15 is 0 Å². The number of nitrogens with two attached hydrogens (primary N) is 1. The zero-order valence-electron chi connectivity index (χ0n) is 20.1. The minimum absolute atomic E-state index is 0.00202. The first-order valence-corrected chi connectivity index (χ1v) is 14.1. The Balaban J connectivity index is 1.68. The number of aliphatic hydroxyl groups excluding tert-OH is 1. The van der Waals surface area contributed by atoms with Crippen LogP contribution in [0.4, 0.5) is 9.93 Å². The SMILES string of the molecule is CCCc1nccn1-c1cc(-c2sc(NC(=O)N3C[C@H](O)C[C@H]3C(N)=O)nc2C)ccc1S(C)(=O)=O. The zero-order chi connectivity index (χ0) is 26.2. The number of benzene rings is 1. The van der Waals surface area contributed by atoms with Gasteiger partial charge < -0.3 is 20.3 Å². The molecule has 2 atom stereocenters. The van der Waals surface area contributed by atoms with Crippen LogP contribution in [-0.4, -0.2) is 69.8 Å². The van der Waals surface area contributed by atoms with E-state index in [9.17, 15) is 23.1 Å². The van der Waals surface area contributed by atoms with E-state index in [2.05, 4.69) is 15.3 Å². The summed E-state index contributed by atoms with van der Waals surface area (Å²) in [7, 11) is -3.52. The quantitative estimate of drug-likeness (QED) is 0.420. The number of carbonyl (C=O) groups is 2. The third-order valence-corrected chi connectivity index (χ3v) is 8.22. The average molecular weight is 533 g/mol. The maximum absolute atomic E-state index is 12.8. The van der Waals surface area contributed by atoms with Gasteiger partial charge in [0.15, 0.2) is 15.0 Å². The van der Waals surface area contributed by atoms with Crippen LogP contribution >= 0.6 is 11.3 Å². The molecular formula is C23H28N6O5S2. The van der Waals surface area contributed by atoms with Gasteiger partial charge in [-0.1, -0.05) is 24.3 Å². The van der Waals surface area contributed by atoms with Gasteiger partial charge in [0, 0.05) is 38.0 Å². The van der Waals surface area contributed by atoms with Gasteiger partial charge in [-0.15, -0.1) is 0 Å². The highest BCUT2D eigenvalue weighted by molar-refractivity contribution is 7.90. The molecule has 1 aliphatic heterocycles. The van der Waals surface area contributed by atoms with Crippen LogP contribution in [0.2, 0.25) is 0 Å². The predicted octanol–water partition coefficient (Wildman–Crippen LogP) is 2.11. The molecule has 0 saturated carbocycles. The van der Waals surface area contributed by atoms with Crippen molar-refractivity contribution in [3.8, 4) is 16.1 Å². The lowest BCUT2D eigenvalue weighted by atomic mass is 10.1. The fourth-order valence-corrected chi connectivity index (χ4v) is 6.12. The number of likely N-dealkylation sites (tertiary alicyclic amines) is 1. The van der Waals surface area contributed by atoms with Gasteiger partial charge in [0.05, 0.1) is 27.3 Å². The number of sulfone groups is 1. The standard InChI is InChI=1S/C23H28N6O5S2/c1-4-5-19-25-8-9-28(19)16-10-14(6-7-18(16)36(3,33)34)20-13(2)26-22(35-20)27-23(32)29-12-15(30)11-17(29)21(24)31/h6-10,15,17,30H,4-5,11-12H2,1-3H3,(H2,24,31)(H,26,27,32)/t15-,17+/m1/s1. The van der Waals surface area contributed by atoms with Gasteiger partial charge in [-0.25, -0.2) is 23.2 Å². The van der Waals surface area contributed by atoms with E-state index in [1.54, 1.807) is 42.1 Å². The zero-order valence-corrected chi connectivity index (χ0v) is 21.8. The first-order chi connectivity index (χ1) is 17.0. The van der Waals surface area contributed by atoms with Crippen LogP contribution in [-0.2, 0) is 21.1 Å². The molecule has 13 heteroatoms. The number of β-amino-alcohol motifs (C(OH)–C–C–N with tert-alkyl or cyclic N) is 1.